The number of methoxy groups -OCH3 is 1. The zero-order chi connectivity index (χ0) is 18.5. The van der Waals surface area contributed by atoms with E-state index in [0.29, 0.717) is 13.1 Å². The lowest BCUT2D eigenvalue weighted by Crippen LogP contribution is -2.35. The second-order valence-electron chi connectivity index (χ2n) is 6.40. The molecule has 1 fully saturated rings. The van der Waals surface area contributed by atoms with Gasteiger partial charge in [-0.25, -0.2) is 8.78 Å². The SMILES string of the molecule is COc1ccc(CN2CCCN(C(=O)c3ccc(F)c(F)c3)CC2)cc1. The molecule has 2 aromatic rings. The molecule has 1 heterocycles. The average Bonchev–Trinajstić information content (AvgIpc) is 2.89. The summed E-state index contributed by atoms with van der Waals surface area (Å²) < 4.78 is 31.6. The number of amides is 1. The Labute approximate surface area is 152 Å². The Kier molecular flexibility index (Phi) is 5.83. The number of ether oxygens (including phenoxy) is 1. The van der Waals surface area contributed by atoms with E-state index in [-0.39, 0.29) is 11.5 Å². The highest BCUT2D eigenvalue weighted by Crippen LogP contribution is 2.16. The minimum atomic E-state index is -0.994. The third kappa shape index (κ3) is 4.38. The van der Waals surface area contributed by atoms with E-state index in [0.717, 1.165) is 43.9 Å². The van der Waals surface area contributed by atoms with Gasteiger partial charge >= 0.3 is 0 Å². The van der Waals surface area contributed by atoms with Crippen LogP contribution in [0, 0.1) is 11.6 Å². The lowest BCUT2D eigenvalue weighted by atomic mass is 10.2. The van der Waals surface area contributed by atoms with Crippen LogP contribution in [0.25, 0.3) is 0 Å². The van der Waals surface area contributed by atoms with Gasteiger partial charge in [-0.2, -0.15) is 0 Å². The molecule has 0 N–H and O–H groups in total. The summed E-state index contributed by atoms with van der Waals surface area (Å²) in [4.78, 5) is 16.6. The van der Waals surface area contributed by atoms with Gasteiger partial charge in [0, 0.05) is 38.3 Å². The second-order valence-corrected chi connectivity index (χ2v) is 6.40. The quantitative estimate of drug-likeness (QED) is 0.839. The molecular weight excluding hydrogens is 338 g/mol. The maximum Gasteiger partial charge on any atom is 0.254 e. The molecule has 26 heavy (non-hydrogen) atoms. The summed E-state index contributed by atoms with van der Waals surface area (Å²) in [6.07, 6.45) is 0.839. The number of benzene rings is 2. The first-order valence-electron chi connectivity index (χ1n) is 8.66. The van der Waals surface area contributed by atoms with Crippen molar-refractivity contribution < 1.29 is 18.3 Å². The van der Waals surface area contributed by atoms with E-state index < -0.39 is 11.6 Å². The van der Waals surface area contributed by atoms with Crippen molar-refractivity contribution in [3.8, 4) is 5.75 Å². The van der Waals surface area contributed by atoms with Gasteiger partial charge in [0.25, 0.3) is 5.91 Å². The van der Waals surface area contributed by atoms with Crippen molar-refractivity contribution in [2.75, 3.05) is 33.3 Å². The molecule has 4 nitrogen and oxygen atoms in total. The van der Waals surface area contributed by atoms with Crippen LogP contribution in [-0.2, 0) is 6.54 Å². The van der Waals surface area contributed by atoms with Crippen molar-refractivity contribution in [2.45, 2.75) is 13.0 Å². The molecule has 0 bridgehead atoms. The van der Waals surface area contributed by atoms with Crippen LogP contribution >= 0.6 is 0 Å². The number of hydrogen-bond donors (Lipinski definition) is 0. The van der Waals surface area contributed by atoms with Crippen LogP contribution in [0.5, 0.6) is 5.75 Å². The van der Waals surface area contributed by atoms with Crippen LogP contribution in [0.15, 0.2) is 42.5 Å². The van der Waals surface area contributed by atoms with Gasteiger partial charge in [-0.05, 0) is 42.3 Å². The first kappa shape index (κ1) is 18.3. The molecule has 1 amide bonds. The third-order valence-electron chi connectivity index (χ3n) is 4.61. The van der Waals surface area contributed by atoms with E-state index in [1.807, 2.05) is 24.3 Å². The summed E-state index contributed by atoms with van der Waals surface area (Å²) in [7, 11) is 1.64. The lowest BCUT2D eigenvalue weighted by Gasteiger charge is -2.22. The van der Waals surface area contributed by atoms with Crippen LogP contribution in [0.3, 0.4) is 0 Å². The van der Waals surface area contributed by atoms with E-state index in [2.05, 4.69) is 4.90 Å². The van der Waals surface area contributed by atoms with E-state index in [1.54, 1.807) is 12.0 Å². The van der Waals surface area contributed by atoms with Gasteiger partial charge in [0.05, 0.1) is 7.11 Å². The molecule has 0 saturated carbocycles. The van der Waals surface area contributed by atoms with E-state index in [4.69, 9.17) is 4.74 Å². The normalized spacial score (nSPS) is 15.6. The average molecular weight is 360 g/mol. The predicted molar refractivity (Wildman–Crippen MR) is 95.1 cm³/mol. The smallest absolute Gasteiger partial charge is 0.254 e. The van der Waals surface area contributed by atoms with Crippen molar-refractivity contribution in [3.05, 3.63) is 65.2 Å². The molecular formula is C20H22F2N2O2. The summed E-state index contributed by atoms with van der Waals surface area (Å²) in [5, 5.41) is 0. The molecule has 2 aromatic carbocycles. The van der Waals surface area contributed by atoms with Crippen LogP contribution in [0.4, 0.5) is 8.78 Å². The molecule has 0 aliphatic carbocycles. The molecule has 0 spiro atoms. The number of rotatable bonds is 4. The number of hydrogen-bond acceptors (Lipinski definition) is 3. The highest BCUT2D eigenvalue weighted by molar-refractivity contribution is 5.94. The monoisotopic (exact) mass is 360 g/mol. The van der Waals surface area contributed by atoms with Gasteiger partial charge in [0.1, 0.15) is 5.75 Å². The molecule has 1 aliphatic rings. The first-order valence-corrected chi connectivity index (χ1v) is 8.66. The Hall–Kier alpha value is -2.47. The highest BCUT2D eigenvalue weighted by Gasteiger charge is 2.21. The largest absolute Gasteiger partial charge is 0.497 e. The van der Waals surface area contributed by atoms with Crippen molar-refractivity contribution in [1.82, 2.24) is 9.80 Å². The highest BCUT2D eigenvalue weighted by atomic mass is 19.2. The van der Waals surface area contributed by atoms with Crippen LogP contribution in [0.1, 0.15) is 22.3 Å². The molecule has 0 atom stereocenters. The third-order valence-corrected chi connectivity index (χ3v) is 4.61. The van der Waals surface area contributed by atoms with Gasteiger partial charge in [-0.15, -0.1) is 0 Å². The fraction of sp³-hybridized carbons (Fsp3) is 0.350. The molecule has 1 aliphatic heterocycles. The summed E-state index contributed by atoms with van der Waals surface area (Å²) in [6.45, 7) is 3.59. The van der Waals surface area contributed by atoms with Crippen molar-refractivity contribution >= 4 is 5.91 Å². The topological polar surface area (TPSA) is 32.8 Å². The molecule has 0 aromatic heterocycles. The van der Waals surface area contributed by atoms with E-state index in [9.17, 15) is 13.6 Å². The van der Waals surface area contributed by atoms with Gasteiger partial charge in [-0.1, -0.05) is 12.1 Å². The maximum atomic E-state index is 13.4. The number of carbonyl (C=O) groups is 1. The van der Waals surface area contributed by atoms with Crippen LogP contribution in [0.2, 0.25) is 0 Å². The Morgan fingerprint density at radius 3 is 2.46 bits per heavy atom. The molecule has 6 heteroatoms. The van der Waals surface area contributed by atoms with Gasteiger partial charge < -0.3 is 9.64 Å². The number of carbonyl (C=O) groups excluding carboxylic acids is 1. The van der Waals surface area contributed by atoms with Gasteiger partial charge in [0.15, 0.2) is 11.6 Å². The minimum absolute atomic E-state index is 0.188. The molecule has 138 valence electrons. The number of halogens is 2. The summed E-state index contributed by atoms with van der Waals surface area (Å²) in [5.74, 6) is -1.36. The standard InChI is InChI=1S/C20H22F2N2O2/c1-26-17-6-3-15(4-7-17)14-23-9-2-10-24(12-11-23)20(25)16-5-8-18(21)19(22)13-16/h3-8,13H,2,9-12,14H2,1H3. The molecule has 1 saturated heterocycles. The Balaban J connectivity index is 1.60. The fourth-order valence-electron chi connectivity index (χ4n) is 3.13. The molecule has 0 unspecified atom stereocenters. The number of nitrogens with zero attached hydrogens (tertiary/aromatic N) is 2. The lowest BCUT2D eigenvalue weighted by molar-refractivity contribution is 0.0760. The second kappa shape index (κ2) is 8.27. The first-order chi connectivity index (χ1) is 12.6. The molecule has 3 rings (SSSR count). The summed E-state index contributed by atoms with van der Waals surface area (Å²) in [5.41, 5.74) is 1.37. The molecule has 0 radical (unpaired) electrons. The van der Waals surface area contributed by atoms with Crippen molar-refractivity contribution in [2.24, 2.45) is 0 Å². The van der Waals surface area contributed by atoms with Crippen LogP contribution in [-0.4, -0.2) is 49.0 Å². The van der Waals surface area contributed by atoms with Gasteiger partial charge in [-0.3, -0.25) is 9.69 Å². The minimum Gasteiger partial charge on any atom is -0.497 e. The van der Waals surface area contributed by atoms with Gasteiger partial charge in [0.2, 0.25) is 0 Å². The van der Waals surface area contributed by atoms with Crippen molar-refractivity contribution in [1.29, 1.82) is 0 Å². The van der Waals surface area contributed by atoms with Crippen molar-refractivity contribution in [3.63, 3.8) is 0 Å². The zero-order valence-electron chi connectivity index (χ0n) is 14.8. The fourth-order valence-corrected chi connectivity index (χ4v) is 3.13. The predicted octanol–water partition coefficient (Wildman–Crippen LogP) is 3.32. The Morgan fingerprint density at radius 2 is 1.77 bits per heavy atom. The summed E-state index contributed by atoms with van der Waals surface area (Å²) in [6, 6.07) is 11.2. The van der Waals surface area contributed by atoms with E-state index in [1.165, 1.54) is 11.6 Å². The van der Waals surface area contributed by atoms with E-state index >= 15 is 0 Å². The Bertz CT molecular complexity index is 765. The Morgan fingerprint density at radius 1 is 1.00 bits per heavy atom. The van der Waals surface area contributed by atoms with Crippen LogP contribution < -0.4 is 4.74 Å². The summed E-state index contributed by atoms with van der Waals surface area (Å²) >= 11 is 0. The zero-order valence-corrected chi connectivity index (χ0v) is 14.8. The maximum absolute atomic E-state index is 13.4.